The number of hydrogen-bond donors (Lipinski definition) is 1. The van der Waals surface area contributed by atoms with Crippen LogP contribution in [0.1, 0.15) is 22.8 Å². The van der Waals surface area contributed by atoms with E-state index < -0.39 is 17.2 Å². The molecule has 4 rings (SSSR count). The Kier molecular flexibility index (Phi) is 5.29. The number of nitrogens with one attached hydrogen (secondary N) is 1. The minimum Gasteiger partial charge on any atom is -0.462 e. The minimum absolute atomic E-state index is 0.144. The Balaban J connectivity index is 1.86. The maximum Gasteiger partial charge on any atom is 0.341 e. The SMILES string of the molecule is CCOC(=O)c1cnc2c(c1NCc1ccc3ccccc3c1)c(=O)n(C)c(=O)n2C. The first-order valence-corrected chi connectivity index (χ1v) is 9.89. The number of carbonyl (C=O) groups is 1. The Morgan fingerprint density at radius 2 is 1.81 bits per heavy atom. The molecule has 4 aromatic rings. The van der Waals surface area contributed by atoms with Gasteiger partial charge in [0, 0.05) is 26.8 Å². The molecule has 0 saturated carbocycles. The lowest BCUT2D eigenvalue weighted by Crippen LogP contribution is -2.38. The van der Waals surface area contributed by atoms with Crippen LogP contribution in [-0.4, -0.2) is 26.7 Å². The first-order valence-electron chi connectivity index (χ1n) is 9.89. The van der Waals surface area contributed by atoms with E-state index in [0.29, 0.717) is 12.2 Å². The number of aromatic nitrogens is 3. The molecule has 0 fully saturated rings. The summed E-state index contributed by atoms with van der Waals surface area (Å²) in [5, 5.41) is 5.59. The van der Waals surface area contributed by atoms with E-state index in [9.17, 15) is 14.4 Å². The predicted octanol–water partition coefficient (Wildman–Crippen LogP) is 2.57. The van der Waals surface area contributed by atoms with Gasteiger partial charge in [-0.3, -0.25) is 13.9 Å². The Hall–Kier alpha value is -3.94. The van der Waals surface area contributed by atoms with Gasteiger partial charge in [-0.05, 0) is 29.3 Å². The summed E-state index contributed by atoms with van der Waals surface area (Å²) >= 11 is 0. The third kappa shape index (κ3) is 3.56. The predicted molar refractivity (Wildman–Crippen MR) is 119 cm³/mol. The Bertz CT molecular complexity index is 1440. The van der Waals surface area contributed by atoms with Crippen molar-refractivity contribution in [1.82, 2.24) is 14.1 Å². The topological polar surface area (TPSA) is 95.2 Å². The first kappa shape index (κ1) is 20.3. The van der Waals surface area contributed by atoms with Crippen LogP contribution in [0.25, 0.3) is 21.8 Å². The first-order chi connectivity index (χ1) is 14.9. The zero-order chi connectivity index (χ0) is 22.1. The van der Waals surface area contributed by atoms with Crippen molar-refractivity contribution in [2.24, 2.45) is 14.1 Å². The minimum atomic E-state index is -0.589. The molecule has 31 heavy (non-hydrogen) atoms. The van der Waals surface area contributed by atoms with Gasteiger partial charge in [-0.2, -0.15) is 0 Å². The normalized spacial score (nSPS) is 11.1. The Labute approximate surface area is 177 Å². The van der Waals surface area contributed by atoms with Gasteiger partial charge in [0.25, 0.3) is 5.56 Å². The molecule has 0 amide bonds. The highest BCUT2D eigenvalue weighted by molar-refractivity contribution is 6.04. The number of anilines is 1. The van der Waals surface area contributed by atoms with Crippen molar-refractivity contribution in [3.63, 3.8) is 0 Å². The zero-order valence-electron chi connectivity index (χ0n) is 17.5. The lowest BCUT2D eigenvalue weighted by atomic mass is 10.1. The molecule has 0 bridgehead atoms. The fourth-order valence-corrected chi connectivity index (χ4v) is 3.61. The van der Waals surface area contributed by atoms with Crippen LogP contribution in [0.15, 0.2) is 58.3 Å². The van der Waals surface area contributed by atoms with E-state index in [0.717, 1.165) is 20.9 Å². The van der Waals surface area contributed by atoms with Crippen LogP contribution in [0, 0.1) is 0 Å². The second-order valence-electron chi connectivity index (χ2n) is 7.21. The van der Waals surface area contributed by atoms with Gasteiger partial charge in [-0.25, -0.2) is 14.6 Å². The van der Waals surface area contributed by atoms with Gasteiger partial charge in [-0.15, -0.1) is 0 Å². The van der Waals surface area contributed by atoms with Gasteiger partial charge in [0.15, 0.2) is 5.65 Å². The molecule has 2 aromatic carbocycles. The molecule has 2 heterocycles. The molecule has 0 aliphatic carbocycles. The summed E-state index contributed by atoms with van der Waals surface area (Å²) in [4.78, 5) is 42.0. The molecule has 0 saturated heterocycles. The van der Waals surface area contributed by atoms with Crippen molar-refractivity contribution in [1.29, 1.82) is 0 Å². The highest BCUT2D eigenvalue weighted by atomic mass is 16.5. The molecule has 0 radical (unpaired) electrons. The number of fused-ring (bicyclic) bond motifs is 2. The number of ether oxygens (including phenoxy) is 1. The average molecular weight is 418 g/mol. The van der Waals surface area contributed by atoms with E-state index in [1.54, 1.807) is 6.92 Å². The lowest BCUT2D eigenvalue weighted by molar-refractivity contribution is 0.0527. The van der Waals surface area contributed by atoms with E-state index >= 15 is 0 Å². The fraction of sp³-hybridized carbons (Fsp3) is 0.217. The number of nitrogens with zero attached hydrogens (tertiary/aromatic N) is 3. The second kappa shape index (κ2) is 8.06. The summed E-state index contributed by atoms with van der Waals surface area (Å²) in [5.74, 6) is -0.589. The van der Waals surface area contributed by atoms with E-state index in [1.165, 1.54) is 24.9 Å². The monoisotopic (exact) mass is 418 g/mol. The summed E-state index contributed by atoms with van der Waals surface area (Å²) in [6.07, 6.45) is 1.34. The van der Waals surface area contributed by atoms with Crippen LogP contribution in [0.3, 0.4) is 0 Å². The number of pyridine rings is 1. The van der Waals surface area contributed by atoms with Crippen molar-refractivity contribution in [2.45, 2.75) is 13.5 Å². The van der Waals surface area contributed by atoms with Crippen LogP contribution in [-0.2, 0) is 25.4 Å². The highest BCUT2D eigenvalue weighted by Gasteiger charge is 2.21. The molecule has 8 heteroatoms. The average Bonchev–Trinajstić information content (AvgIpc) is 2.79. The Morgan fingerprint density at radius 1 is 1.06 bits per heavy atom. The summed E-state index contributed by atoms with van der Waals surface area (Å²) in [6.45, 7) is 2.26. The van der Waals surface area contributed by atoms with Gasteiger partial charge in [0.2, 0.25) is 0 Å². The maximum absolute atomic E-state index is 13.0. The summed E-state index contributed by atoms with van der Waals surface area (Å²) in [6, 6.07) is 14.1. The van der Waals surface area contributed by atoms with Gasteiger partial charge < -0.3 is 10.1 Å². The van der Waals surface area contributed by atoms with Crippen LogP contribution < -0.4 is 16.6 Å². The van der Waals surface area contributed by atoms with E-state index in [4.69, 9.17) is 4.74 Å². The van der Waals surface area contributed by atoms with E-state index in [2.05, 4.69) is 10.3 Å². The standard InChI is InChI=1S/C23H22N4O4/c1-4-31-22(29)17-13-25-20-18(21(28)27(3)23(30)26(20)2)19(17)24-12-14-9-10-15-7-5-6-8-16(15)11-14/h5-11,13H,4,12H2,1-3H3,(H,24,25). The summed E-state index contributed by atoms with van der Waals surface area (Å²) in [5.41, 5.74) is 0.591. The smallest absolute Gasteiger partial charge is 0.341 e. The molecule has 2 aromatic heterocycles. The highest BCUT2D eigenvalue weighted by Crippen LogP contribution is 2.25. The number of esters is 1. The number of carbonyl (C=O) groups excluding carboxylic acids is 1. The molecule has 0 aliphatic rings. The molecule has 8 nitrogen and oxygen atoms in total. The van der Waals surface area contributed by atoms with Crippen LogP contribution in [0.2, 0.25) is 0 Å². The Morgan fingerprint density at radius 3 is 2.55 bits per heavy atom. The molecular weight excluding hydrogens is 396 g/mol. The number of rotatable bonds is 5. The van der Waals surface area contributed by atoms with Gasteiger partial charge in [-0.1, -0.05) is 36.4 Å². The van der Waals surface area contributed by atoms with Gasteiger partial charge in [0.05, 0.1) is 12.3 Å². The lowest BCUT2D eigenvalue weighted by Gasteiger charge is -2.16. The van der Waals surface area contributed by atoms with Crippen LogP contribution in [0.5, 0.6) is 0 Å². The second-order valence-corrected chi connectivity index (χ2v) is 7.21. The molecule has 158 valence electrons. The quantitative estimate of drug-likeness (QED) is 0.501. The van der Waals surface area contributed by atoms with E-state index in [1.807, 2.05) is 42.5 Å². The van der Waals surface area contributed by atoms with Crippen molar-refractivity contribution in [3.05, 3.63) is 80.6 Å². The molecule has 0 unspecified atom stereocenters. The number of benzene rings is 2. The van der Waals surface area contributed by atoms with Gasteiger partial charge in [0.1, 0.15) is 10.9 Å². The summed E-state index contributed by atoms with van der Waals surface area (Å²) < 4.78 is 7.44. The number of aryl methyl sites for hydroxylation is 1. The van der Waals surface area contributed by atoms with Crippen molar-refractivity contribution in [2.75, 3.05) is 11.9 Å². The van der Waals surface area contributed by atoms with Crippen LogP contribution >= 0.6 is 0 Å². The maximum atomic E-state index is 13.0. The zero-order valence-corrected chi connectivity index (χ0v) is 17.5. The van der Waals surface area contributed by atoms with Crippen molar-refractivity contribution < 1.29 is 9.53 Å². The molecular formula is C23H22N4O4. The molecule has 0 aliphatic heterocycles. The summed E-state index contributed by atoms with van der Waals surface area (Å²) in [7, 11) is 2.93. The fourth-order valence-electron chi connectivity index (χ4n) is 3.61. The largest absolute Gasteiger partial charge is 0.462 e. The van der Waals surface area contributed by atoms with Crippen LogP contribution in [0.4, 0.5) is 5.69 Å². The molecule has 0 atom stereocenters. The third-order valence-electron chi connectivity index (χ3n) is 5.25. The van der Waals surface area contributed by atoms with Crippen molar-refractivity contribution >= 4 is 33.5 Å². The van der Waals surface area contributed by atoms with Crippen molar-refractivity contribution in [3.8, 4) is 0 Å². The third-order valence-corrected chi connectivity index (χ3v) is 5.25. The molecule has 0 spiro atoms. The van der Waals surface area contributed by atoms with E-state index in [-0.39, 0.29) is 23.2 Å². The number of hydrogen-bond acceptors (Lipinski definition) is 6. The van der Waals surface area contributed by atoms with Gasteiger partial charge >= 0.3 is 11.7 Å². The molecule has 1 N–H and O–H groups in total.